The molecule has 1 aliphatic rings. The van der Waals surface area contributed by atoms with Crippen molar-refractivity contribution in [3.8, 4) is 5.75 Å². The van der Waals surface area contributed by atoms with Crippen LogP contribution in [0, 0.1) is 0 Å². The van der Waals surface area contributed by atoms with Gasteiger partial charge in [-0.3, -0.25) is 9.69 Å². The lowest BCUT2D eigenvalue weighted by atomic mass is 9.97. The maximum atomic E-state index is 11.6. The molecule has 3 rings (SSSR count). The molecule has 110 valence electrons. The monoisotopic (exact) mass is 285 g/mol. The third-order valence-electron chi connectivity index (χ3n) is 4.62. The molecule has 0 aliphatic carbocycles. The van der Waals surface area contributed by atoms with Crippen LogP contribution in [0.3, 0.4) is 0 Å². The second-order valence-electron chi connectivity index (χ2n) is 5.89. The number of rotatable bonds is 3. The summed E-state index contributed by atoms with van der Waals surface area (Å²) in [5, 5.41) is 21.7. The molecule has 2 N–H and O–H groups in total. The SMILES string of the molecule is CC1(C(=O)O)CCCN1Cc1c(O)ccc2ccccc12. The summed E-state index contributed by atoms with van der Waals surface area (Å²) in [5.41, 5.74) is -0.0360. The molecular formula is C17H19NO3. The van der Waals surface area contributed by atoms with Crippen LogP contribution in [0.25, 0.3) is 10.8 Å². The topological polar surface area (TPSA) is 60.8 Å². The van der Waals surface area contributed by atoms with Gasteiger partial charge in [0.1, 0.15) is 11.3 Å². The molecule has 21 heavy (non-hydrogen) atoms. The molecule has 1 aliphatic heterocycles. The van der Waals surface area contributed by atoms with Gasteiger partial charge in [0, 0.05) is 12.1 Å². The Morgan fingerprint density at radius 1 is 1.29 bits per heavy atom. The van der Waals surface area contributed by atoms with E-state index in [0.29, 0.717) is 13.0 Å². The summed E-state index contributed by atoms with van der Waals surface area (Å²) in [6.45, 7) is 2.96. The van der Waals surface area contributed by atoms with Gasteiger partial charge in [-0.1, -0.05) is 30.3 Å². The zero-order valence-electron chi connectivity index (χ0n) is 12.0. The van der Waals surface area contributed by atoms with Crippen molar-refractivity contribution in [2.45, 2.75) is 31.8 Å². The molecular weight excluding hydrogens is 266 g/mol. The summed E-state index contributed by atoms with van der Waals surface area (Å²) < 4.78 is 0. The summed E-state index contributed by atoms with van der Waals surface area (Å²) in [6.07, 6.45) is 1.52. The average Bonchev–Trinajstić information content (AvgIpc) is 2.85. The molecule has 0 bridgehead atoms. The molecule has 0 saturated carbocycles. The lowest BCUT2D eigenvalue weighted by Gasteiger charge is -2.31. The first-order valence-electron chi connectivity index (χ1n) is 7.20. The molecule has 0 radical (unpaired) electrons. The predicted octanol–water partition coefficient (Wildman–Crippen LogP) is 2.98. The number of phenols is 1. The van der Waals surface area contributed by atoms with Gasteiger partial charge in [-0.25, -0.2) is 0 Å². The Bertz CT molecular complexity index is 697. The summed E-state index contributed by atoms with van der Waals surface area (Å²) in [7, 11) is 0. The lowest BCUT2D eigenvalue weighted by molar-refractivity contribution is -0.148. The standard InChI is InChI=1S/C17H19NO3/c1-17(16(20)21)9-4-10-18(17)11-14-13-6-3-2-5-12(13)7-8-15(14)19/h2-3,5-8,19H,4,9-11H2,1H3,(H,20,21). The summed E-state index contributed by atoms with van der Waals surface area (Å²) in [5.74, 6) is -0.562. The van der Waals surface area contributed by atoms with Crippen molar-refractivity contribution in [1.82, 2.24) is 4.90 Å². The maximum Gasteiger partial charge on any atom is 0.323 e. The number of hydrogen-bond acceptors (Lipinski definition) is 3. The molecule has 1 fully saturated rings. The molecule has 0 amide bonds. The number of benzene rings is 2. The predicted molar refractivity (Wildman–Crippen MR) is 81.3 cm³/mol. The van der Waals surface area contributed by atoms with Gasteiger partial charge in [0.05, 0.1) is 0 Å². The second kappa shape index (κ2) is 5.04. The highest BCUT2D eigenvalue weighted by molar-refractivity contribution is 5.87. The number of aromatic hydroxyl groups is 1. The number of carboxylic acids is 1. The van der Waals surface area contributed by atoms with E-state index in [9.17, 15) is 15.0 Å². The molecule has 2 aromatic rings. The zero-order chi connectivity index (χ0) is 15.0. The zero-order valence-corrected chi connectivity index (χ0v) is 12.0. The number of aliphatic carboxylic acids is 1. The molecule has 4 heteroatoms. The Morgan fingerprint density at radius 3 is 2.81 bits per heavy atom. The van der Waals surface area contributed by atoms with Gasteiger partial charge in [0.25, 0.3) is 0 Å². The normalized spacial score (nSPS) is 22.7. The second-order valence-corrected chi connectivity index (χ2v) is 5.89. The highest BCUT2D eigenvalue weighted by atomic mass is 16.4. The van der Waals surface area contributed by atoms with Crippen LogP contribution in [-0.2, 0) is 11.3 Å². The molecule has 1 saturated heterocycles. The third-order valence-corrected chi connectivity index (χ3v) is 4.62. The van der Waals surface area contributed by atoms with Crippen molar-refractivity contribution in [2.75, 3.05) is 6.54 Å². The van der Waals surface area contributed by atoms with E-state index in [2.05, 4.69) is 0 Å². The molecule has 0 aromatic heterocycles. The van der Waals surface area contributed by atoms with E-state index in [4.69, 9.17) is 0 Å². The summed E-state index contributed by atoms with van der Waals surface area (Å²) in [6, 6.07) is 11.4. The minimum Gasteiger partial charge on any atom is -0.508 e. The molecule has 0 spiro atoms. The van der Waals surface area contributed by atoms with E-state index in [1.54, 1.807) is 13.0 Å². The quantitative estimate of drug-likeness (QED) is 0.910. The molecule has 4 nitrogen and oxygen atoms in total. The van der Waals surface area contributed by atoms with E-state index in [1.807, 2.05) is 35.2 Å². The van der Waals surface area contributed by atoms with Gasteiger partial charge in [-0.15, -0.1) is 0 Å². The van der Waals surface area contributed by atoms with Gasteiger partial charge in [0.2, 0.25) is 0 Å². The van der Waals surface area contributed by atoms with Crippen molar-refractivity contribution in [1.29, 1.82) is 0 Å². The first-order valence-corrected chi connectivity index (χ1v) is 7.20. The Hall–Kier alpha value is -2.07. The van der Waals surface area contributed by atoms with Crippen molar-refractivity contribution in [3.05, 3.63) is 42.0 Å². The first-order chi connectivity index (χ1) is 10.0. The average molecular weight is 285 g/mol. The number of phenolic OH excluding ortho intramolecular Hbond substituents is 1. The first kappa shape index (κ1) is 13.9. The van der Waals surface area contributed by atoms with Crippen molar-refractivity contribution < 1.29 is 15.0 Å². The van der Waals surface area contributed by atoms with E-state index in [-0.39, 0.29) is 5.75 Å². The van der Waals surface area contributed by atoms with E-state index in [0.717, 1.165) is 29.3 Å². The van der Waals surface area contributed by atoms with Gasteiger partial charge < -0.3 is 10.2 Å². The highest BCUT2D eigenvalue weighted by Crippen LogP contribution is 2.35. The van der Waals surface area contributed by atoms with Gasteiger partial charge >= 0.3 is 5.97 Å². The Labute approximate surface area is 123 Å². The summed E-state index contributed by atoms with van der Waals surface area (Å²) in [4.78, 5) is 13.5. The van der Waals surface area contributed by atoms with E-state index in [1.165, 1.54) is 0 Å². The Kier molecular flexibility index (Phi) is 3.33. The fraction of sp³-hybridized carbons (Fsp3) is 0.353. The Morgan fingerprint density at radius 2 is 2.05 bits per heavy atom. The third kappa shape index (κ3) is 2.25. The van der Waals surface area contributed by atoms with Crippen molar-refractivity contribution in [2.24, 2.45) is 0 Å². The fourth-order valence-corrected chi connectivity index (χ4v) is 3.20. The van der Waals surface area contributed by atoms with Crippen LogP contribution in [0.15, 0.2) is 36.4 Å². The van der Waals surface area contributed by atoms with Crippen LogP contribution in [0.4, 0.5) is 0 Å². The minimum absolute atomic E-state index is 0.230. The lowest BCUT2D eigenvalue weighted by Crippen LogP contribution is -2.47. The van der Waals surface area contributed by atoms with Crippen LogP contribution in [0.1, 0.15) is 25.3 Å². The Balaban J connectivity index is 2.02. The van der Waals surface area contributed by atoms with E-state index >= 15 is 0 Å². The van der Waals surface area contributed by atoms with Crippen LogP contribution in [0.2, 0.25) is 0 Å². The highest BCUT2D eigenvalue weighted by Gasteiger charge is 2.43. The number of carbonyl (C=O) groups is 1. The number of likely N-dealkylation sites (tertiary alicyclic amines) is 1. The number of fused-ring (bicyclic) bond motifs is 1. The number of carboxylic acid groups (broad SMARTS) is 1. The maximum absolute atomic E-state index is 11.6. The molecule has 1 unspecified atom stereocenters. The van der Waals surface area contributed by atoms with E-state index < -0.39 is 11.5 Å². The number of nitrogens with zero attached hydrogens (tertiary/aromatic N) is 1. The van der Waals surface area contributed by atoms with Gasteiger partial charge in [-0.2, -0.15) is 0 Å². The largest absolute Gasteiger partial charge is 0.508 e. The number of hydrogen-bond donors (Lipinski definition) is 2. The van der Waals surface area contributed by atoms with Crippen molar-refractivity contribution in [3.63, 3.8) is 0 Å². The van der Waals surface area contributed by atoms with Crippen LogP contribution < -0.4 is 0 Å². The smallest absolute Gasteiger partial charge is 0.323 e. The minimum atomic E-state index is -0.844. The molecule has 2 aromatic carbocycles. The molecule has 1 atom stereocenters. The van der Waals surface area contributed by atoms with Gasteiger partial charge in [-0.05, 0) is 43.1 Å². The molecule has 1 heterocycles. The van der Waals surface area contributed by atoms with Crippen LogP contribution in [0.5, 0.6) is 5.75 Å². The van der Waals surface area contributed by atoms with Crippen LogP contribution >= 0.6 is 0 Å². The van der Waals surface area contributed by atoms with Crippen LogP contribution in [-0.4, -0.2) is 33.2 Å². The van der Waals surface area contributed by atoms with Crippen molar-refractivity contribution >= 4 is 16.7 Å². The fourth-order valence-electron chi connectivity index (χ4n) is 3.20. The summed E-state index contributed by atoms with van der Waals surface area (Å²) >= 11 is 0. The van der Waals surface area contributed by atoms with Gasteiger partial charge in [0.15, 0.2) is 0 Å².